The summed E-state index contributed by atoms with van der Waals surface area (Å²) >= 11 is 0. The summed E-state index contributed by atoms with van der Waals surface area (Å²) in [7, 11) is 0. The topological polar surface area (TPSA) is 35.5 Å². The standard InChI is InChI=1S/C13H26N2O/c1-3-15(8-11-4-5-11)9-13(2,10-16)14-12-6-7-12/h11-12,14,16H,3-10H2,1-2H3. The second-order valence-corrected chi connectivity index (χ2v) is 5.91. The van der Waals surface area contributed by atoms with Crippen LogP contribution in [0.15, 0.2) is 0 Å². The average molecular weight is 226 g/mol. The highest BCUT2D eigenvalue weighted by Crippen LogP contribution is 2.30. The molecule has 3 nitrogen and oxygen atoms in total. The van der Waals surface area contributed by atoms with E-state index < -0.39 is 0 Å². The van der Waals surface area contributed by atoms with Crippen molar-refractivity contribution in [3.8, 4) is 0 Å². The Bertz CT molecular complexity index is 226. The van der Waals surface area contributed by atoms with Crippen LogP contribution in [0.4, 0.5) is 0 Å². The summed E-state index contributed by atoms with van der Waals surface area (Å²) in [5, 5.41) is 13.2. The van der Waals surface area contributed by atoms with Crippen LogP contribution < -0.4 is 5.32 Å². The van der Waals surface area contributed by atoms with E-state index in [2.05, 4.69) is 24.1 Å². The molecule has 0 spiro atoms. The van der Waals surface area contributed by atoms with Crippen LogP contribution in [0.1, 0.15) is 39.5 Å². The van der Waals surface area contributed by atoms with Crippen LogP contribution in [0, 0.1) is 5.92 Å². The molecule has 2 N–H and O–H groups in total. The number of rotatable bonds is 8. The third kappa shape index (κ3) is 3.72. The third-order valence-corrected chi connectivity index (χ3v) is 3.71. The third-order valence-electron chi connectivity index (χ3n) is 3.71. The lowest BCUT2D eigenvalue weighted by molar-refractivity contribution is 0.118. The smallest absolute Gasteiger partial charge is 0.0623 e. The van der Waals surface area contributed by atoms with Crippen molar-refractivity contribution in [2.75, 3.05) is 26.2 Å². The van der Waals surface area contributed by atoms with Crippen LogP contribution >= 0.6 is 0 Å². The molecule has 94 valence electrons. The summed E-state index contributed by atoms with van der Waals surface area (Å²) in [5.41, 5.74) is -0.105. The number of nitrogens with zero attached hydrogens (tertiary/aromatic N) is 1. The predicted molar refractivity (Wildman–Crippen MR) is 66.5 cm³/mol. The van der Waals surface area contributed by atoms with Gasteiger partial charge < -0.3 is 15.3 Å². The van der Waals surface area contributed by atoms with Gasteiger partial charge in [-0.1, -0.05) is 6.92 Å². The van der Waals surface area contributed by atoms with Crippen molar-refractivity contribution >= 4 is 0 Å². The van der Waals surface area contributed by atoms with Crippen molar-refractivity contribution in [2.45, 2.75) is 51.1 Å². The number of nitrogens with one attached hydrogen (secondary N) is 1. The molecule has 2 aliphatic carbocycles. The van der Waals surface area contributed by atoms with Gasteiger partial charge in [0.05, 0.1) is 12.1 Å². The minimum absolute atomic E-state index is 0.105. The molecule has 0 saturated heterocycles. The van der Waals surface area contributed by atoms with Gasteiger partial charge in [-0.05, 0) is 45.1 Å². The summed E-state index contributed by atoms with van der Waals surface area (Å²) in [5.74, 6) is 0.934. The Morgan fingerprint density at radius 3 is 2.44 bits per heavy atom. The number of aliphatic hydroxyl groups is 1. The highest BCUT2D eigenvalue weighted by molar-refractivity contribution is 4.94. The van der Waals surface area contributed by atoms with Crippen molar-refractivity contribution in [2.24, 2.45) is 5.92 Å². The lowest BCUT2D eigenvalue weighted by atomic mass is 10.0. The Hall–Kier alpha value is -0.120. The molecule has 1 unspecified atom stereocenters. The van der Waals surface area contributed by atoms with Gasteiger partial charge in [0.15, 0.2) is 0 Å². The van der Waals surface area contributed by atoms with Crippen LogP contribution in [0.3, 0.4) is 0 Å². The quantitative estimate of drug-likeness (QED) is 0.653. The molecule has 0 radical (unpaired) electrons. The molecule has 0 aliphatic heterocycles. The Morgan fingerprint density at radius 2 is 2.00 bits per heavy atom. The molecule has 0 heterocycles. The first-order valence-corrected chi connectivity index (χ1v) is 6.76. The molecular weight excluding hydrogens is 200 g/mol. The maximum Gasteiger partial charge on any atom is 0.0623 e. The fraction of sp³-hybridized carbons (Fsp3) is 1.00. The molecule has 3 heteroatoms. The lowest BCUT2D eigenvalue weighted by Gasteiger charge is -2.35. The molecule has 0 aromatic rings. The predicted octanol–water partition coefficient (Wildman–Crippen LogP) is 1.22. The number of aliphatic hydroxyl groups excluding tert-OH is 1. The Kier molecular flexibility index (Phi) is 3.88. The molecule has 1 atom stereocenters. The first-order chi connectivity index (χ1) is 7.65. The van der Waals surface area contributed by atoms with E-state index in [0.29, 0.717) is 6.04 Å². The average Bonchev–Trinajstić information content (AvgIpc) is 3.12. The van der Waals surface area contributed by atoms with E-state index in [9.17, 15) is 5.11 Å². The molecule has 2 aliphatic rings. The van der Waals surface area contributed by atoms with Crippen molar-refractivity contribution in [3.05, 3.63) is 0 Å². The fourth-order valence-electron chi connectivity index (χ4n) is 2.33. The van der Waals surface area contributed by atoms with E-state index in [-0.39, 0.29) is 12.1 Å². The first-order valence-electron chi connectivity index (χ1n) is 6.76. The Labute approximate surface area is 99.2 Å². The first kappa shape index (κ1) is 12.3. The zero-order chi connectivity index (χ0) is 11.6. The maximum atomic E-state index is 9.57. The van der Waals surface area contributed by atoms with E-state index in [1.807, 2.05) is 0 Å². The molecule has 16 heavy (non-hydrogen) atoms. The molecule has 0 aromatic heterocycles. The second kappa shape index (κ2) is 5.03. The van der Waals surface area contributed by atoms with Crippen molar-refractivity contribution in [3.63, 3.8) is 0 Å². The van der Waals surface area contributed by atoms with Crippen LogP contribution in [-0.2, 0) is 0 Å². The molecule has 0 aromatic carbocycles. The van der Waals surface area contributed by atoms with Gasteiger partial charge in [0.25, 0.3) is 0 Å². The van der Waals surface area contributed by atoms with Crippen molar-refractivity contribution in [1.29, 1.82) is 0 Å². The zero-order valence-corrected chi connectivity index (χ0v) is 10.7. The summed E-state index contributed by atoms with van der Waals surface area (Å²) in [6.45, 7) is 7.91. The van der Waals surface area contributed by atoms with Gasteiger partial charge in [0.1, 0.15) is 0 Å². The fourth-order valence-corrected chi connectivity index (χ4v) is 2.33. The SMILES string of the molecule is CCN(CC1CC1)CC(C)(CO)NC1CC1. The van der Waals surface area contributed by atoms with Crippen LogP contribution in [0.2, 0.25) is 0 Å². The van der Waals surface area contributed by atoms with Gasteiger partial charge in [0, 0.05) is 19.1 Å². The zero-order valence-electron chi connectivity index (χ0n) is 10.7. The highest BCUT2D eigenvalue weighted by Gasteiger charge is 2.34. The molecule has 2 saturated carbocycles. The summed E-state index contributed by atoms with van der Waals surface area (Å²) in [4.78, 5) is 2.49. The Balaban J connectivity index is 1.80. The van der Waals surface area contributed by atoms with Crippen LogP contribution in [0.5, 0.6) is 0 Å². The van der Waals surface area contributed by atoms with E-state index >= 15 is 0 Å². The van der Waals surface area contributed by atoms with Crippen LogP contribution in [-0.4, -0.2) is 47.8 Å². The summed E-state index contributed by atoms with van der Waals surface area (Å²) in [6.07, 6.45) is 5.37. The van der Waals surface area contributed by atoms with Gasteiger partial charge in [0.2, 0.25) is 0 Å². The molecule has 0 amide bonds. The maximum absolute atomic E-state index is 9.57. The van der Waals surface area contributed by atoms with E-state index in [1.165, 1.54) is 32.2 Å². The van der Waals surface area contributed by atoms with E-state index in [4.69, 9.17) is 0 Å². The molecule has 0 bridgehead atoms. The number of likely N-dealkylation sites (N-methyl/N-ethyl adjacent to an activating group) is 1. The summed E-state index contributed by atoms with van der Waals surface area (Å²) in [6, 6.07) is 0.664. The molecule has 2 rings (SSSR count). The second-order valence-electron chi connectivity index (χ2n) is 5.91. The minimum atomic E-state index is -0.105. The largest absolute Gasteiger partial charge is 0.394 e. The van der Waals surface area contributed by atoms with E-state index in [0.717, 1.165) is 19.0 Å². The van der Waals surface area contributed by atoms with Crippen LogP contribution in [0.25, 0.3) is 0 Å². The molecular formula is C13H26N2O. The Morgan fingerprint density at radius 1 is 1.31 bits per heavy atom. The number of hydrogen-bond acceptors (Lipinski definition) is 3. The van der Waals surface area contributed by atoms with Crippen molar-refractivity contribution < 1.29 is 5.11 Å². The van der Waals surface area contributed by atoms with E-state index in [1.54, 1.807) is 0 Å². The van der Waals surface area contributed by atoms with Gasteiger partial charge in [-0.25, -0.2) is 0 Å². The lowest BCUT2D eigenvalue weighted by Crippen LogP contribution is -2.55. The number of hydrogen-bond donors (Lipinski definition) is 2. The van der Waals surface area contributed by atoms with Crippen molar-refractivity contribution in [1.82, 2.24) is 10.2 Å². The molecule has 2 fully saturated rings. The van der Waals surface area contributed by atoms with Gasteiger partial charge >= 0.3 is 0 Å². The van der Waals surface area contributed by atoms with Gasteiger partial charge in [-0.2, -0.15) is 0 Å². The van der Waals surface area contributed by atoms with Gasteiger partial charge in [-0.3, -0.25) is 0 Å². The minimum Gasteiger partial charge on any atom is -0.394 e. The van der Waals surface area contributed by atoms with Gasteiger partial charge in [-0.15, -0.1) is 0 Å². The summed E-state index contributed by atoms with van der Waals surface area (Å²) < 4.78 is 0. The normalized spacial score (nSPS) is 24.8. The monoisotopic (exact) mass is 226 g/mol. The highest BCUT2D eigenvalue weighted by atomic mass is 16.3.